The number of rotatable bonds is 10. The molecule has 2 rings (SSSR count). The zero-order valence-electron chi connectivity index (χ0n) is 19.9. The molecule has 0 fully saturated rings. The van der Waals surface area contributed by atoms with Gasteiger partial charge in [0.2, 0.25) is 21.8 Å². The van der Waals surface area contributed by atoms with Crippen LogP contribution in [0.5, 0.6) is 0 Å². The van der Waals surface area contributed by atoms with Gasteiger partial charge in [-0.3, -0.25) is 24.0 Å². The molecule has 0 spiro atoms. The molecule has 10 nitrogen and oxygen atoms in total. The predicted molar refractivity (Wildman–Crippen MR) is 130 cm³/mol. The number of nitro benzene ring substituents is 1. The summed E-state index contributed by atoms with van der Waals surface area (Å²) in [7, 11) is -2.52. The van der Waals surface area contributed by atoms with Gasteiger partial charge in [-0.1, -0.05) is 42.8 Å². The molecule has 0 aliphatic carbocycles. The first-order chi connectivity index (χ1) is 15.9. The number of hydrogen-bond acceptors (Lipinski definition) is 6. The van der Waals surface area contributed by atoms with Crippen LogP contribution in [0.3, 0.4) is 0 Å². The van der Waals surface area contributed by atoms with E-state index in [-0.39, 0.29) is 23.8 Å². The summed E-state index contributed by atoms with van der Waals surface area (Å²) in [5.74, 6) is -0.978. The third-order valence-corrected chi connectivity index (χ3v) is 6.55. The number of nitrogens with zero attached hydrogens (tertiary/aromatic N) is 3. The molecule has 0 unspecified atom stereocenters. The maximum absolute atomic E-state index is 13.5. The van der Waals surface area contributed by atoms with Crippen molar-refractivity contribution in [1.29, 1.82) is 0 Å². The Bertz CT molecular complexity index is 1180. The van der Waals surface area contributed by atoms with Crippen molar-refractivity contribution >= 4 is 33.2 Å². The number of anilines is 1. The van der Waals surface area contributed by atoms with E-state index < -0.39 is 33.4 Å². The summed E-state index contributed by atoms with van der Waals surface area (Å²) in [5.41, 5.74) is 1.95. The average Bonchev–Trinajstić information content (AvgIpc) is 2.76. The highest BCUT2D eigenvalue weighted by molar-refractivity contribution is 7.92. The highest BCUT2D eigenvalue weighted by atomic mass is 32.2. The maximum Gasteiger partial charge on any atom is 0.271 e. The highest BCUT2D eigenvalue weighted by Crippen LogP contribution is 2.28. The van der Waals surface area contributed by atoms with E-state index in [1.165, 1.54) is 24.1 Å². The first-order valence-corrected chi connectivity index (χ1v) is 12.5. The molecule has 1 atom stereocenters. The molecule has 0 aromatic heterocycles. The minimum absolute atomic E-state index is 0.0357. The first kappa shape index (κ1) is 26.8. The van der Waals surface area contributed by atoms with E-state index in [0.29, 0.717) is 12.0 Å². The fourth-order valence-electron chi connectivity index (χ4n) is 3.67. The summed E-state index contributed by atoms with van der Waals surface area (Å²) < 4.78 is 26.2. The molecule has 0 saturated heterocycles. The van der Waals surface area contributed by atoms with Gasteiger partial charge in [0.25, 0.3) is 5.69 Å². The molecule has 2 aromatic rings. The lowest BCUT2D eigenvalue weighted by molar-refractivity contribution is -0.384. The normalized spacial score (nSPS) is 12.0. The minimum atomic E-state index is -3.99. The Morgan fingerprint density at radius 3 is 2.35 bits per heavy atom. The number of benzene rings is 2. The summed E-state index contributed by atoms with van der Waals surface area (Å²) in [4.78, 5) is 38.0. The van der Waals surface area contributed by atoms with Gasteiger partial charge >= 0.3 is 0 Å². The number of likely N-dealkylation sites (N-methyl/N-ethyl adjacent to an activating group) is 1. The predicted octanol–water partition coefficient (Wildman–Crippen LogP) is 2.53. The van der Waals surface area contributed by atoms with Crippen molar-refractivity contribution in [3.8, 4) is 0 Å². The minimum Gasteiger partial charge on any atom is -0.357 e. The highest BCUT2D eigenvalue weighted by Gasteiger charge is 2.32. The van der Waals surface area contributed by atoms with E-state index in [0.717, 1.165) is 27.8 Å². The Labute approximate surface area is 199 Å². The van der Waals surface area contributed by atoms with Crippen LogP contribution in [0.15, 0.2) is 42.5 Å². The van der Waals surface area contributed by atoms with Crippen LogP contribution in [0.25, 0.3) is 0 Å². The van der Waals surface area contributed by atoms with Crippen LogP contribution in [0.1, 0.15) is 30.0 Å². The summed E-state index contributed by atoms with van der Waals surface area (Å²) in [6.07, 6.45) is 1.24. The number of carbonyl (C=O) groups is 2. The average molecular weight is 491 g/mol. The number of hydrogen-bond donors (Lipinski definition) is 1. The number of non-ortho nitro benzene ring substituents is 1. The van der Waals surface area contributed by atoms with Gasteiger partial charge in [0.1, 0.15) is 12.6 Å². The fraction of sp³-hybridized carbons (Fsp3) is 0.391. The lowest BCUT2D eigenvalue weighted by Crippen LogP contribution is -2.51. The molecule has 2 amide bonds. The van der Waals surface area contributed by atoms with E-state index in [9.17, 15) is 28.1 Å². The number of nitrogens with one attached hydrogen (secondary N) is 1. The Morgan fingerprint density at radius 1 is 1.15 bits per heavy atom. The molecular weight excluding hydrogens is 460 g/mol. The Morgan fingerprint density at radius 2 is 1.82 bits per heavy atom. The Kier molecular flexibility index (Phi) is 8.74. The molecule has 34 heavy (non-hydrogen) atoms. The van der Waals surface area contributed by atoms with Gasteiger partial charge in [-0.05, 0) is 31.4 Å². The summed E-state index contributed by atoms with van der Waals surface area (Å²) >= 11 is 0. The van der Waals surface area contributed by atoms with Gasteiger partial charge in [-0.15, -0.1) is 0 Å². The molecular formula is C23H30N4O6S. The quantitative estimate of drug-likeness (QED) is 0.402. The number of carbonyl (C=O) groups excluding carboxylic acids is 2. The molecule has 1 N–H and O–H groups in total. The topological polar surface area (TPSA) is 130 Å². The van der Waals surface area contributed by atoms with Crippen LogP contribution in [0, 0.1) is 24.0 Å². The van der Waals surface area contributed by atoms with Gasteiger partial charge in [0.15, 0.2) is 0 Å². The lowest BCUT2D eigenvalue weighted by Gasteiger charge is -2.33. The van der Waals surface area contributed by atoms with Crippen molar-refractivity contribution < 1.29 is 22.9 Å². The molecule has 0 radical (unpaired) electrons. The third-order valence-electron chi connectivity index (χ3n) is 5.42. The van der Waals surface area contributed by atoms with Crippen molar-refractivity contribution in [1.82, 2.24) is 10.2 Å². The number of amides is 2. The van der Waals surface area contributed by atoms with Crippen LogP contribution in [0.4, 0.5) is 11.4 Å². The van der Waals surface area contributed by atoms with Crippen molar-refractivity contribution in [2.45, 2.75) is 39.8 Å². The van der Waals surface area contributed by atoms with Crippen molar-refractivity contribution in [2.75, 3.05) is 24.2 Å². The molecule has 0 bridgehead atoms. The maximum atomic E-state index is 13.5. The van der Waals surface area contributed by atoms with E-state index in [1.807, 2.05) is 31.2 Å². The molecule has 0 aliphatic heterocycles. The second-order valence-electron chi connectivity index (χ2n) is 8.05. The summed E-state index contributed by atoms with van der Waals surface area (Å²) in [6, 6.07) is 10.4. The lowest BCUT2D eigenvalue weighted by atomic mass is 10.1. The van der Waals surface area contributed by atoms with Gasteiger partial charge in [-0.25, -0.2) is 8.42 Å². The smallest absolute Gasteiger partial charge is 0.271 e. The van der Waals surface area contributed by atoms with Crippen LogP contribution in [0.2, 0.25) is 0 Å². The van der Waals surface area contributed by atoms with Crippen LogP contribution >= 0.6 is 0 Å². The molecule has 0 aliphatic rings. The fourth-order valence-corrected chi connectivity index (χ4v) is 4.57. The van der Waals surface area contributed by atoms with Crippen molar-refractivity contribution in [2.24, 2.45) is 0 Å². The SMILES string of the molecule is CC[C@H](C(=O)NC)N(Cc1cccc(C)c1)C(=O)CN(c1cc([N+](=O)[O-])ccc1C)S(C)(=O)=O. The zero-order valence-corrected chi connectivity index (χ0v) is 20.8. The van der Waals surface area contributed by atoms with Gasteiger partial charge in [-0.2, -0.15) is 0 Å². The van der Waals surface area contributed by atoms with E-state index in [4.69, 9.17) is 0 Å². The Hall–Kier alpha value is -3.47. The van der Waals surface area contributed by atoms with E-state index in [2.05, 4.69) is 5.32 Å². The molecule has 2 aromatic carbocycles. The second-order valence-corrected chi connectivity index (χ2v) is 9.95. The monoisotopic (exact) mass is 490 g/mol. The number of aryl methyl sites for hydroxylation is 2. The molecule has 0 saturated carbocycles. The van der Waals surface area contributed by atoms with Crippen molar-refractivity contribution in [3.63, 3.8) is 0 Å². The van der Waals surface area contributed by atoms with Gasteiger partial charge in [0, 0.05) is 25.7 Å². The first-order valence-electron chi connectivity index (χ1n) is 10.7. The van der Waals surface area contributed by atoms with Gasteiger partial charge in [0.05, 0.1) is 16.9 Å². The molecule has 0 heterocycles. The van der Waals surface area contributed by atoms with E-state index >= 15 is 0 Å². The number of sulfonamides is 1. The standard InChI is InChI=1S/C23H30N4O6S/c1-6-20(23(29)24-4)25(14-18-9-7-8-16(2)12-18)22(28)15-26(34(5,32)33)21-13-19(27(30)31)11-10-17(21)3/h7-13,20H,6,14-15H2,1-5H3,(H,24,29)/t20-/m1/s1. The van der Waals surface area contributed by atoms with Crippen LogP contribution in [-0.2, 0) is 26.2 Å². The Balaban J connectivity index is 2.52. The van der Waals surface area contributed by atoms with Gasteiger partial charge < -0.3 is 10.2 Å². The zero-order chi connectivity index (χ0) is 25.6. The summed E-state index contributed by atoms with van der Waals surface area (Å²) in [5, 5.41) is 13.8. The summed E-state index contributed by atoms with van der Waals surface area (Å²) in [6.45, 7) is 4.75. The number of nitro groups is 1. The van der Waals surface area contributed by atoms with Crippen LogP contribution < -0.4 is 9.62 Å². The molecule has 184 valence electrons. The van der Waals surface area contributed by atoms with Crippen molar-refractivity contribution in [3.05, 3.63) is 69.3 Å². The van der Waals surface area contributed by atoms with Crippen LogP contribution in [-0.4, -0.2) is 55.9 Å². The van der Waals surface area contributed by atoms with E-state index in [1.54, 1.807) is 13.8 Å². The third kappa shape index (κ3) is 6.53. The molecule has 11 heteroatoms. The second kappa shape index (κ2) is 11.1. The largest absolute Gasteiger partial charge is 0.357 e.